The van der Waals surface area contributed by atoms with E-state index in [1.165, 1.54) is 23.5 Å². The van der Waals surface area contributed by atoms with Crippen molar-refractivity contribution in [1.82, 2.24) is 4.68 Å². The molecule has 2 aromatic heterocycles. The number of aryl methyl sites for hydroxylation is 1. The molecule has 0 fully saturated rings. The van der Waals surface area contributed by atoms with Crippen LogP contribution in [0.2, 0.25) is 0 Å². The van der Waals surface area contributed by atoms with Crippen LogP contribution in [0.25, 0.3) is 11.3 Å². The van der Waals surface area contributed by atoms with E-state index in [1.807, 2.05) is 38.3 Å². The molecule has 26 heavy (non-hydrogen) atoms. The lowest BCUT2D eigenvalue weighted by Gasteiger charge is -2.05. The van der Waals surface area contributed by atoms with Crippen molar-refractivity contribution >= 4 is 17.0 Å². The van der Waals surface area contributed by atoms with Gasteiger partial charge in [-0.1, -0.05) is 12.2 Å². The van der Waals surface area contributed by atoms with Crippen LogP contribution in [-0.4, -0.2) is 16.9 Å². The van der Waals surface area contributed by atoms with Crippen molar-refractivity contribution in [3.63, 3.8) is 0 Å². The molecule has 0 radical (unpaired) electrons. The van der Waals surface area contributed by atoms with Crippen LogP contribution in [-0.2, 0) is 0 Å². The van der Waals surface area contributed by atoms with Gasteiger partial charge in [0.05, 0.1) is 12.2 Å². The number of thiazole rings is 1. The molecular weight excluding hydrogens is 349 g/mol. The van der Waals surface area contributed by atoms with Crippen molar-refractivity contribution in [3.8, 4) is 11.3 Å². The lowest BCUT2D eigenvalue weighted by molar-refractivity contribution is 0.524. The quantitative estimate of drug-likeness (QED) is 0.461. The molecule has 0 saturated heterocycles. The molecule has 0 spiro atoms. The lowest BCUT2D eigenvalue weighted by atomic mass is 10.2. The van der Waals surface area contributed by atoms with Crippen LogP contribution < -0.4 is 4.80 Å². The van der Waals surface area contributed by atoms with Crippen LogP contribution in [0.1, 0.15) is 25.4 Å². The first-order valence-electron chi connectivity index (χ1n) is 8.18. The molecule has 0 aliphatic carbocycles. The summed E-state index contributed by atoms with van der Waals surface area (Å²) in [7, 11) is 0. The van der Waals surface area contributed by atoms with E-state index < -0.39 is 0 Å². The maximum Gasteiger partial charge on any atom is 0.206 e. The molecule has 0 atom stereocenters. The zero-order chi connectivity index (χ0) is 18.7. The van der Waals surface area contributed by atoms with Gasteiger partial charge < -0.3 is 4.42 Å². The smallest absolute Gasteiger partial charge is 0.206 e. The summed E-state index contributed by atoms with van der Waals surface area (Å²) in [5.74, 6) is 1.27. The fourth-order valence-corrected chi connectivity index (χ4v) is 3.19. The molecule has 3 rings (SSSR count). The minimum absolute atomic E-state index is 0.270. The highest BCUT2D eigenvalue weighted by Gasteiger charge is 2.10. The van der Waals surface area contributed by atoms with Crippen molar-refractivity contribution in [2.75, 3.05) is 6.54 Å². The van der Waals surface area contributed by atoms with Gasteiger partial charge in [0.15, 0.2) is 0 Å². The Morgan fingerprint density at radius 3 is 2.54 bits per heavy atom. The van der Waals surface area contributed by atoms with Crippen LogP contribution in [0.5, 0.6) is 0 Å². The largest absolute Gasteiger partial charge is 0.460 e. The Kier molecular flexibility index (Phi) is 5.32. The molecule has 0 amide bonds. The van der Waals surface area contributed by atoms with Crippen LogP contribution in [0.15, 0.2) is 68.4 Å². The lowest BCUT2D eigenvalue weighted by Crippen LogP contribution is -2.14. The number of hydrogen-bond acceptors (Lipinski definition) is 4. The highest BCUT2D eigenvalue weighted by atomic mass is 32.1. The number of furan rings is 1. The van der Waals surface area contributed by atoms with Crippen molar-refractivity contribution in [2.24, 2.45) is 10.1 Å². The molecule has 0 unspecified atom stereocenters. The van der Waals surface area contributed by atoms with E-state index in [4.69, 9.17) is 9.52 Å². The molecular formula is C20H20FN3OS. The van der Waals surface area contributed by atoms with Gasteiger partial charge in [0, 0.05) is 10.9 Å². The summed E-state index contributed by atoms with van der Waals surface area (Å²) in [6, 6.07) is 10.1. The summed E-state index contributed by atoms with van der Waals surface area (Å²) in [5, 5.41) is 6.68. The minimum Gasteiger partial charge on any atom is -0.460 e. The average molecular weight is 369 g/mol. The SMILES string of the molecule is C=C(C)CN=c1scc(-c2ccc(F)cc2)n1N=C(C)c1ccc(C)o1. The van der Waals surface area contributed by atoms with Gasteiger partial charge in [0.2, 0.25) is 4.80 Å². The predicted octanol–water partition coefficient (Wildman–Crippen LogP) is 5.01. The second-order valence-electron chi connectivity index (χ2n) is 6.09. The molecule has 0 aliphatic rings. The van der Waals surface area contributed by atoms with Crippen LogP contribution in [0.4, 0.5) is 4.39 Å². The summed E-state index contributed by atoms with van der Waals surface area (Å²) < 4.78 is 20.7. The third-order valence-electron chi connectivity index (χ3n) is 3.66. The molecule has 3 aromatic rings. The van der Waals surface area contributed by atoms with Gasteiger partial charge in [0.25, 0.3) is 0 Å². The number of rotatable bonds is 5. The molecule has 0 bridgehead atoms. The van der Waals surface area contributed by atoms with Crippen molar-refractivity contribution in [2.45, 2.75) is 20.8 Å². The topological polar surface area (TPSA) is 42.8 Å². The van der Waals surface area contributed by atoms with Gasteiger partial charge >= 0.3 is 0 Å². The summed E-state index contributed by atoms with van der Waals surface area (Å²) in [6.07, 6.45) is 0. The second kappa shape index (κ2) is 7.66. The Hall–Kier alpha value is -2.73. The van der Waals surface area contributed by atoms with Crippen molar-refractivity contribution < 1.29 is 8.81 Å². The first kappa shape index (κ1) is 18.1. The summed E-state index contributed by atoms with van der Waals surface area (Å²) in [5.41, 5.74) is 3.41. The van der Waals surface area contributed by atoms with Crippen molar-refractivity contribution in [1.29, 1.82) is 0 Å². The maximum atomic E-state index is 13.3. The first-order chi connectivity index (χ1) is 12.4. The molecule has 4 nitrogen and oxygen atoms in total. The fourth-order valence-electron chi connectivity index (χ4n) is 2.35. The van der Waals surface area contributed by atoms with Gasteiger partial charge in [0.1, 0.15) is 23.0 Å². The summed E-state index contributed by atoms with van der Waals surface area (Å²) >= 11 is 1.48. The Labute approximate surface area is 155 Å². The Morgan fingerprint density at radius 2 is 1.92 bits per heavy atom. The fraction of sp³-hybridized carbons (Fsp3) is 0.200. The Bertz CT molecular complexity index is 1020. The van der Waals surface area contributed by atoms with E-state index in [0.29, 0.717) is 12.3 Å². The molecule has 0 N–H and O–H groups in total. The maximum absolute atomic E-state index is 13.3. The van der Waals surface area contributed by atoms with Gasteiger partial charge in [-0.05, 0) is 57.2 Å². The highest BCUT2D eigenvalue weighted by molar-refractivity contribution is 7.07. The molecule has 2 heterocycles. The van der Waals surface area contributed by atoms with Gasteiger partial charge in [-0.3, -0.25) is 4.99 Å². The number of halogens is 1. The number of hydrogen-bond donors (Lipinski definition) is 0. The molecule has 0 aliphatic heterocycles. The van der Waals surface area contributed by atoms with Crippen LogP contribution in [0.3, 0.4) is 0 Å². The minimum atomic E-state index is -0.270. The average Bonchev–Trinajstić information content (AvgIpc) is 3.20. The Morgan fingerprint density at radius 1 is 1.19 bits per heavy atom. The summed E-state index contributed by atoms with van der Waals surface area (Å²) in [6.45, 7) is 10.1. The molecule has 1 aromatic carbocycles. The third-order valence-corrected chi connectivity index (χ3v) is 4.51. The van der Waals surface area contributed by atoms with E-state index in [0.717, 1.165) is 33.1 Å². The monoisotopic (exact) mass is 369 g/mol. The highest BCUT2D eigenvalue weighted by Crippen LogP contribution is 2.21. The predicted molar refractivity (Wildman–Crippen MR) is 104 cm³/mol. The first-order valence-corrected chi connectivity index (χ1v) is 9.06. The number of nitrogens with zero attached hydrogens (tertiary/aromatic N) is 3. The van der Waals surface area contributed by atoms with Gasteiger partial charge in [-0.25, -0.2) is 9.07 Å². The molecule has 0 saturated carbocycles. The van der Waals surface area contributed by atoms with E-state index in [9.17, 15) is 4.39 Å². The van der Waals surface area contributed by atoms with Gasteiger partial charge in [-0.15, -0.1) is 11.3 Å². The van der Waals surface area contributed by atoms with Crippen LogP contribution in [0, 0.1) is 12.7 Å². The van der Waals surface area contributed by atoms with E-state index in [-0.39, 0.29) is 5.82 Å². The molecule has 6 heteroatoms. The number of benzene rings is 1. The standard InChI is InChI=1S/C20H20FN3OS/c1-13(2)11-22-20-24(23-15(4)19-10-5-14(3)25-19)18(12-26-20)16-6-8-17(21)9-7-16/h5-10,12H,1,11H2,2-4H3. The van der Waals surface area contributed by atoms with Gasteiger partial charge in [-0.2, -0.15) is 5.10 Å². The van der Waals surface area contributed by atoms with E-state index in [2.05, 4.69) is 11.6 Å². The second-order valence-corrected chi connectivity index (χ2v) is 6.93. The third kappa shape index (κ3) is 4.08. The van der Waals surface area contributed by atoms with Crippen molar-refractivity contribution in [3.05, 3.63) is 76.1 Å². The zero-order valence-electron chi connectivity index (χ0n) is 15.0. The van der Waals surface area contributed by atoms with E-state index in [1.54, 1.807) is 16.8 Å². The van der Waals surface area contributed by atoms with Crippen LogP contribution >= 0.6 is 11.3 Å². The van der Waals surface area contributed by atoms with E-state index >= 15 is 0 Å². The zero-order valence-corrected chi connectivity index (χ0v) is 15.8. The molecule has 134 valence electrons. The Balaban J connectivity index is 2.13. The number of aromatic nitrogens is 1. The normalized spacial score (nSPS) is 12.6. The summed E-state index contributed by atoms with van der Waals surface area (Å²) in [4.78, 5) is 5.34.